The van der Waals surface area contributed by atoms with Crippen molar-refractivity contribution in [2.45, 2.75) is 0 Å². The van der Waals surface area contributed by atoms with Crippen LogP contribution < -0.4 is 14.8 Å². The monoisotopic (exact) mass is 412 g/mol. The Hall–Kier alpha value is -3.04. The second kappa shape index (κ2) is 9.44. The summed E-state index contributed by atoms with van der Waals surface area (Å²) < 4.78 is 11.7. The smallest absolute Gasteiger partial charge is 0.266 e. The minimum absolute atomic E-state index is 0.0402. The van der Waals surface area contributed by atoms with E-state index < -0.39 is 5.91 Å². The molecule has 1 N–H and O–H groups in total. The molecule has 5 nitrogen and oxygen atoms in total. The zero-order valence-electron chi connectivity index (χ0n) is 14.2. The number of nitrogens with zero attached hydrogens (tertiary/aromatic N) is 1. The SMILES string of the molecule is C=CCOc1cc(OC)ccc1/C=C(\C#N)C(=O)Nc1ccc(Br)cc1. The van der Waals surface area contributed by atoms with E-state index in [1.807, 2.05) is 6.07 Å². The second-order valence-corrected chi connectivity index (χ2v) is 6.05. The molecule has 2 aromatic carbocycles. The van der Waals surface area contributed by atoms with Gasteiger partial charge >= 0.3 is 0 Å². The topological polar surface area (TPSA) is 71.3 Å². The molecule has 0 aliphatic heterocycles. The number of methoxy groups -OCH3 is 1. The highest BCUT2D eigenvalue weighted by Gasteiger charge is 2.12. The highest BCUT2D eigenvalue weighted by Crippen LogP contribution is 2.27. The van der Waals surface area contributed by atoms with Gasteiger partial charge in [0, 0.05) is 21.8 Å². The van der Waals surface area contributed by atoms with Crippen molar-refractivity contribution < 1.29 is 14.3 Å². The quantitative estimate of drug-likeness (QED) is 0.410. The zero-order valence-corrected chi connectivity index (χ0v) is 15.7. The van der Waals surface area contributed by atoms with Crippen molar-refractivity contribution in [3.8, 4) is 17.6 Å². The fourth-order valence-corrected chi connectivity index (χ4v) is 2.33. The minimum atomic E-state index is -0.500. The lowest BCUT2D eigenvalue weighted by molar-refractivity contribution is -0.112. The first-order valence-electron chi connectivity index (χ1n) is 7.68. The molecule has 0 radical (unpaired) electrons. The van der Waals surface area contributed by atoms with Gasteiger partial charge in [0.1, 0.15) is 29.7 Å². The molecule has 0 atom stereocenters. The van der Waals surface area contributed by atoms with Crippen LogP contribution in [0.25, 0.3) is 6.08 Å². The zero-order chi connectivity index (χ0) is 18.9. The molecule has 2 aromatic rings. The second-order valence-electron chi connectivity index (χ2n) is 5.13. The molecule has 0 saturated heterocycles. The Morgan fingerprint density at radius 1 is 1.31 bits per heavy atom. The molecule has 0 fully saturated rings. The Balaban J connectivity index is 2.29. The maximum atomic E-state index is 12.4. The van der Waals surface area contributed by atoms with E-state index in [9.17, 15) is 10.1 Å². The molecule has 6 heteroatoms. The van der Waals surface area contributed by atoms with Crippen LogP contribution in [0.1, 0.15) is 5.56 Å². The van der Waals surface area contributed by atoms with E-state index in [0.717, 1.165) is 4.47 Å². The Bertz CT molecular complexity index is 868. The summed E-state index contributed by atoms with van der Waals surface area (Å²) in [5.41, 5.74) is 1.15. The summed E-state index contributed by atoms with van der Waals surface area (Å²) in [6.07, 6.45) is 3.09. The number of ether oxygens (including phenoxy) is 2. The lowest BCUT2D eigenvalue weighted by atomic mass is 10.1. The normalized spacial score (nSPS) is 10.6. The number of carbonyl (C=O) groups is 1. The molecule has 26 heavy (non-hydrogen) atoms. The predicted molar refractivity (Wildman–Crippen MR) is 105 cm³/mol. The van der Waals surface area contributed by atoms with Gasteiger partial charge in [0.25, 0.3) is 5.91 Å². The average molecular weight is 413 g/mol. The van der Waals surface area contributed by atoms with Crippen LogP contribution >= 0.6 is 15.9 Å². The molecule has 0 heterocycles. The molecule has 1 amide bonds. The molecule has 2 rings (SSSR count). The van der Waals surface area contributed by atoms with Crippen LogP contribution in [0.15, 0.2) is 65.2 Å². The van der Waals surface area contributed by atoms with Crippen molar-refractivity contribution in [1.29, 1.82) is 5.26 Å². The largest absolute Gasteiger partial charge is 0.497 e. The van der Waals surface area contributed by atoms with Crippen LogP contribution in [0.3, 0.4) is 0 Å². The van der Waals surface area contributed by atoms with Gasteiger partial charge < -0.3 is 14.8 Å². The Morgan fingerprint density at radius 2 is 2.04 bits per heavy atom. The van der Waals surface area contributed by atoms with Crippen molar-refractivity contribution in [1.82, 2.24) is 0 Å². The Kier molecular flexibility index (Phi) is 7.01. The molecule has 0 spiro atoms. The molecular formula is C20H17BrN2O3. The van der Waals surface area contributed by atoms with Gasteiger partial charge in [-0.2, -0.15) is 5.26 Å². The van der Waals surface area contributed by atoms with Crippen LogP contribution in [0, 0.1) is 11.3 Å². The Labute approximate surface area is 160 Å². The first-order valence-corrected chi connectivity index (χ1v) is 8.47. The van der Waals surface area contributed by atoms with Crippen molar-refractivity contribution in [3.63, 3.8) is 0 Å². The van der Waals surface area contributed by atoms with Gasteiger partial charge in [0.2, 0.25) is 0 Å². The summed E-state index contributed by atoms with van der Waals surface area (Å²) in [7, 11) is 1.55. The van der Waals surface area contributed by atoms with E-state index in [0.29, 0.717) is 29.4 Å². The number of hydrogen-bond acceptors (Lipinski definition) is 4. The van der Waals surface area contributed by atoms with Gasteiger partial charge in [0.05, 0.1) is 7.11 Å². The van der Waals surface area contributed by atoms with E-state index in [1.165, 1.54) is 6.08 Å². The van der Waals surface area contributed by atoms with E-state index >= 15 is 0 Å². The van der Waals surface area contributed by atoms with Gasteiger partial charge in [-0.05, 0) is 42.5 Å². The lowest BCUT2D eigenvalue weighted by Gasteiger charge is -2.10. The highest BCUT2D eigenvalue weighted by molar-refractivity contribution is 9.10. The third-order valence-electron chi connectivity index (χ3n) is 3.34. The van der Waals surface area contributed by atoms with Crippen molar-refractivity contribution in [2.75, 3.05) is 19.0 Å². The molecule has 0 unspecified atom stereocenters. The highest BCUT2D eigenvalue weighted by atomic mass is 79.9. The molecule has 0 saturated carbocycles. The molecule has 0 aromatic heterocycles. The number of nitrogens with one attached hydrogen (secondary N) is 1. The van der Waals surface area contributed by atoms with Gasteiger partial charge in [-0.1, -0.05) is 28.6 Å². The molecule has 132 valence electrons. The maximum absolute atomic E-state index is 12.4. The van der Waals surface area contributed by atoms with E-state index in [-0.39, 0.29) is 5.57 Å². The third kappa shape index (κ3) is 5.23. The number of amides is 1. The lowest BCUT2D eigenvalue weighted by Crippen LogP contribution is -2.13. The van der Waals surface area contributed by atoms with Crippen LogP contribution in [0.4, 0.5) is 5.69 Å². The van der Waals surface area contributed by atoms with E-state index in [1.54, 1.807) is 55.7 Å². The van der Waals surface area contributed by atoms with Crippen LogP contribution in [-0.4, -0.2) is 19.6 Å². The molecular weight excluding hydrogens is 396 g/mol. The number of rotatable bonds is 7. The summed E-state index contributed by atoms with van der Waals surface area (Å²) in [4.78, 5) is 12.4. The fraction of sp³-hybridized carbons (Fsp3) is 0.100. The van der Waals surface area contributed by atoms with Gasteiger partial charge in [-0.25, -0.2) is 0 Å². The molecule has 0 aliphatic rings. The van der Waals surface area contributed by atoms with Crippen LogP contribution in [-0.2, 0) is 4.79 Å². The molecule has 0 bridgehead atoms. The average Bonchev–Trinajstić information content (AvgIpc) is 2.66. The summed E-state index contributed by atoms with van der Waals surface area (Å²) in [6, 6.07) is 14.2. The minimum Gasteiger partial charge on any atom is -0.497 e. The fourth-order valence-electron chi connectivity index (χ4n) is 2.07. The summed E-state index contributed by atoms with van der Waals surface area (Å²) in [6.45, 7) is 3.91. The first-order chi connectivity index (χ1) is 12.6. The van der Waals surface area contributed by atoms with E-state index in [2.05, 4.69) is 27.8 Å². The van der Waals surface area contributed by atoms with Crippen LogP contribution in [0.2, 0.25) is 0 Å². The third-order valence-corrected chi connectivity index (χ3v) is 3.87. The van der Waals surface area contributed by atoms with Gasteiger partial charge in [-0.3, -0.25) is 4.79 Å². The summed E-state index contributed by atoms with van der Waals surface area (Å²) in [5.74, 6) is 0.604. The number of anilines is 1. The number of hydrogen-bond donors (Lipinski definition) is 1. The van der Waals surface area contributed by atoms with E-state index in [4.69, 9.17) is 9.47 Å². The summed E-state index contributed by atoms with van der Waals surface area (Å²) in [5, 5.41) is 12.1. The van der Waals surface area contributed by atoms with Gasteiger partial charge in [0.15, 0.2) is 0 Å². The standard InChI is InChI=1S/C20H17BrN2O3/c1-3-10-26-19-12-18(25-2)9-4-14(19)11-15(13-22)20(24)23-17-7-5-16(21)6-8-17/h3-9,11-12H,1,10H2,2H3,(H,23,24)/b15-11+. The van der Waals surface area contributed by atoms with Crippen molar-refractivity contribution >= 4 is 33.6 Å². The number of carbonyl (C=O) groups excluding carboxylic acids is 1. The first kappa shape index (κ1) is 19.3. The maximum Gasteiger partial charge on any atom is 0.266 e. The number of halogens is 1. The number of benzene rings is 2. The Morgan fingerprint density at radius 3 is 2.65 bits per heavy atom. The van der Waals surface area contributed by atoms with Gasteiger partial charge in [-0.15, -0.1) is 0 Å². The molecule has 0 aliphatic carbocycles. The summed E-state index contributed by atoms with van der Waals surface area (Å²) >= 11 is 3.33. The predicted octanol–water partition coefficient (Wildman–Crippen LogP) is 4.57. The van der Waals surface area contributed by atoms with Crippen LogP contribution in [0.5, 0.6) is 11.5 Å². The van der Waals surface area contributed by atoms with Crippen molar-refractivity contribution in [2.24, 2.45) is 0 Å². The number of nitriles is 1. The van der Waals surface area contributed by atoms with Crippen molar-refractivity contribution in [3.05, 3.63) is 70.7 Å².